The summed E-state index contributed by atoms with van der Waals surface area (Å²) in [7, 11) is 0. The van der Waals surface area contributed by atoms with Gasteiger partial charge in [0.2, 0.25) is 5.91 Å². The Morgan fingerprint density at radius 1 is 1.50 bits per heavy atom. The first-order chi connectivity index (χ1) is 11.5. The van der Waals surface area contributed by atoms with Gasteiger partial charge in [0, 0.05) is 4.47 Å². The Balaban J connectivity index is 1.89. The van der Waals surface area contributed by atoms with E-state index in [1.165, 1.54) is 23.5 Å². The monoisotopic (exact) mass is 426 g/mol. The lowest BCUT2D eigenvalue weighted by Crippen LogP contribution is -2.24. The lowest BCUT2D eigenvalue weighted by molar-refractivity contribution is -0.118. The maximum absolute atomic E-state index is 13.9. The van der Waals surface area contributed by atoms with Crippen LogP contribution in [0.4, 0.5) is 10.1 Å². The number of anilines is 1. The van der Waals surface area contributed by atoms with Gasteiger partial charge in [0.1, 0.15) is 11.9 Å². The summed E-state index contributed by atoms with van der Waals surface area (Å²) in [6.45, 7) is 1.69. The number of halogens is 2. The molecule has 0 fully saturated rings. The molecule has 1 amide bonds. The van der Waals surface area contributed by atoms with Gasteiger partial charge in [0.25, 0.3) is 0 Å². The third-order valence-electron chi connectivity index (χ3n) is 3.40. The largest absolute Gasteiger partial charge is 0.322 e. The van der Waals surface area contributed by atoms with E-state index in [1.807, 2.05) is 17.5 Å². The lowest BCUT2D eigenvalue weighted by Gasteiger charge is -2.15. The molecule has 0 spiro atoms. The molecule has 9 heteroatoms. The second-order valence-electron chi connectivity index (χ2n) is 4.99. The highest BCUT2D eigenvalue weighted by Gasteiger charge is 2.22. The highest BCUT2D eigenvalue weighted by molar-refractivity contribution is 9.10. The van der Waals surface area contributed by atoms with Gasteiger partial charge in [-0.3, -0.25) is 14.5 Å². The van der Waals surface area contributed by atoms with Crippen LogP contribution in [0.15, 0.2) is 40.2 Å². The minimum absolute atomic E-state index is 0.114. The number of H-pyrrole nitrogens is 1. The van der Waals surface area contributed by atoms with Gasteiger partial charge in [-0.25, -0.2) is 4.39 Å². The van der Waals surface area contributed by atoms with Gasteiger partial charge in [-0.05, 0) is 48.8 Å². The fourth-order valence-corrected chi connectivity index (χ4v) is 3.52. The SMILES string of the molecule is CC(C(=O)Nc1ccc(Br)cc1F)n1c(-c2cccs2)n[nH]c1=S. The van der Waals surface area contributed by atoms with Gasteiger partial charge in [-0.2, -0.15) is 5.10 Å². The van der Waals surface area contributed by atoms with Crippen molar-refractivity contribution in [2.45, 2.75) is 13.0 Å². The van der Waals surface area contributed by atoms with Crippen LogP contribution in [0.2, 0.25) is 0 Å². The molecule has 24 heavy (non-hydrogen) atoms. The summed E-state index contributed by atoms with van der Waals surface area (Å²) in [6, 6.07) is 7.58. The Bertz CT molecular complexity index is 935. The zero-order valence-electron chi connectivity index (χ0n) is 12.4. The molecule has 124 valence electrons. The lowest BCUT2D eigenvalue weighted by atomic mass is 10.2. The predicted octanol–water partition coefficient (Wildman–Crippen LogP) is 4.77. The number of nitrogens with zero attached hydrogens (tertiary/aromatic N) is 2. The first kappa shape index (κ1) is 17.0. The molecule has 0 radical (unpaired) electrons. The van der Waals surface area contributed by atoms with E-state index in [0.717, 1.165) is 4.88 Å². The van der Waals surface area contributed by atoms with Crippen molar-refractivity contribution in [3.8, 4) is 10.7 Å². The number of rotatable bonds is 4. The molecule has 2 N–H and O–H groups in total. The van der Waals surface area contributed by atoms with Gasteiger partial charge >= 0.3 is 0 Å². The van der Waals surface area contributed by atoms with Crippen molar-refractivity contribution in [2.75, 3.05) is 5.32 Å². The van der Waals surface area contributed by atoms with Crippen LogP contribution in [-0.2, 0) is 4.79 Å². The molecular weight excluding hydrogens is 415 g/mol. The fraction of sp³-hybridized carbons (Fsp3) is 0.133. The fourth-order valence-electron chi connectivity index (χ4n) is 2.19. The second kappa shape index (κ2) is 6.96. The number of amides is 1. The minimum Gasteiger partial charge on any atom is -0.322 e. The summed E-state index contributed by atoms with van der Waals surface area (Å²) in [5.41, 5.74) is 0.114. The molecule has 0 saturated heterocycles. The smallest absolute Gasteiger partial charge is 0.247 e. The number of nitrogens with one attached hydrogen (secondary N) is 2. The number of hydrogen-bond donors (Lipinski definition) is 2. The quantitative estimate of drug-likeness (QED) is 0.590. The summed E-state index contributed by atoms with van der Waals surface area (Å²) < 4.78 is 16.5. The van der Waals surface area contributed by atoms with Crippen molar-refractivity contribution < 1.29 is 9.18 Å². The molecule has 0 aliphatic rings. The molecule has 5 nitrogen and oxygen atoms in total. The first-order valence-corrected chi connectivity index (χ1v) is 9.02. The number of thiophene rings is 1. The van der Waals surface area contributed by atoms with Crippen LogP contribution >= 0.6 is 39.5 Å². The van der Waals surface area contributed by atoms with E-state index in [0.29, 0.717) is 15.1 Å². The van der Waals surface area contributed by atoms with Gasteiger partial charge < -0.3 is 5.32 Å². The molecule has 3 rings (SSSR count). The van der Waals surface area contributed by atoms with E-state index in [4.69, 9.17) is 12.2 Å². The summed E-state index contributed by atoms with van der Waals surface area (Å²) >= 11 is 9.92. The number of aromatic nitrogens is 3. The van der Waals surface area contributed by atoms with Crippen molar-refractivity contribution in [1.29, 1.82) is 0 Å². The van der Waals surface area contributed by atoms with Crippen molar-refractivity contribution in [1.82, 2.24) is 14.8 Å². The van der Waals surface area contributed by atoms with Crippen LogP contribution in [-0.4, -0.2) is 20.7 Å². The minimum atomic E-state index is -0.656. The third kappa shape index (κ3) is 3.33. The zero-order chi connectivity index (χ0) is 17.3. The molecular formula is C15H12BrFN4OS2. The van der Waals surface area contributed by atoms with Gasteiger partial charge in [0.15, 0.2) is 10.6 Å². The Labute approximate surface area is 154 Å². The van der Waals surface area contributed by atoms with E-state index in [-0.39, 0.29) is 11.6 Å². The molecule has 2 aromatic heterocycles. The molecule has 0 saturated carbocycles. The molecule has 0 bridgehead atoms. The molecule has 0 aliphatic heterocycles. The van der Waals surface area contributed by atoms with Crippen LogP contribution in [0.25, 0.3) is 10.7 Å². The zero-order valence-corrected chi connectivity index (χ0v) is 15.6. The summed E-state index contributed by atoms with van der Waals surface area (Å²) in [4.78, 5) is 13.4. The average molecular weight is 427 g/mol. The van der Waals surface area contributed by atoms with Crippen LogP contribution < -0.4 is 5.32 Å². The van der Waals surface area contributed by atoms with Crippen molar-refractivity contribution in [3.63, 3.8) is 0 Å². The molecule has 0 aliphatic carbocycles. The van der Waals surface area contributed by atoms with Crippen molar-refractivity contribution in [3.05, 3.63) is 50.8 Å². The van der Waals surface area contributed by atoms with E-state index >= 15 is 0 Å². The van der Waals surface area contributed by atoms with Crippen LogP contribution in [0, 0.1) is 10.6 Å². The maximum atomic E-state index is 13.9. The topological polar surface area (TPSA) is 62.7 Å². The summed E-state index contributed by atoms with van der Waals surface area (Å²) in [6.07, 6.45) is 0. The molecule has 1 unspecified atom stereocenters. The number of hydrogen-bond acceptors (Lipinski definition) is 4. The maximum Gasteiger partial charge on any atom is 0.247 e. The third-order valence-corrected chi connectivity index (χ3v) is 5.05. The summed E-state index contributed by atoms with van der Waals surface area (Å²) in [5, 5.41) is 11.4. The highest BCUT2D eigenvalue weighted by atomic mass is 79.9. The first-order valence-electron chi connectivity index (χ1n) is 6.94. The van der Waals surface area contributed by atoms with Gasteiger partial charge in [0.05, 0.1) is 10.6 Å². The van der Waals surface area contributed by atoms with E-state index in [2.05, 4.69) is 31.4 Å². The van der Waals surface area contributed by atoms with E-state index in [9.17, 15) is 9.18 Å². The van der Waals surface area contributed by atoms with Crippen molar-refractivity contribution in [2.24, 2.45) is 0 Å². The molecule has 1 aromatic carbocycles. The number of aromatic amines is 1. The van der Waals surface area contributed by atoms with E-state index < -0.39 is 11.9 Å². The standard InChI is InChI=1S/C15H12BrFN4OS2/c1-8(14(22)18-11-5-4-9(16)7-10(11)17)21-13(19-20-15(21)23)12-3-2-6-24-12/h2-8H,1H3,(H,18,22)(H,20,23). The number of carbonyl (C=O) groups excluding carboxylic acids is 1. The van der Waals surface area contributed by atoms with Gasteiger partial charge in [-0.1, -0.05) is 22.0 Å². The number of carbonyl (C=O) groups is 1. The van der Waals surface area contributed by atoms with Crippen LogP contribution in [0.1, 0.15) is 13.0 Å². The van der Waals surface area contributed by atoms with Crippen LogP contribution in [0.5, 0.6) is 0 Å². The Morgan fingerprint density at radius 3 is 2.96 bits per heavy atom. The van der Waals surface area contributed by atoms with Crippen molar-refractivity contribution >= 4 is 51.1 Å². The Morgan fingerprint density at radius 2 is 2.29 bits per heavy atom. The normalized spacial score (nSPS) is 12.1. The molecule has 2 heterocycles. The predicted molar refractivity (Wildman–Crippen MR) is 98.2 cm³/mol. The average Bonchev–Trinajstić information content (AvgIpc) is 3.18. The van der Waals surface area contributed by atoms with E-state index in [1.54, 1.807) is 17.6 Å². The summed E-state index contributed by atoms with van der Waals surface area (Å²) in [5.74, 6) is -0.320. The Hall–Kier alpha value is -1.84. The molecule has 1 atom stereocenters. The molecule has 3 aromatic rings. The Kier molecular flexibility index (Phi) is 4.93. The number of benzene rings is 1. The van der Waals surface area contributed by atoms with Gasteiger partial charge in [-0.15, -0.1) is 11.3 Å². The van der Waals surface area contributed by atoms with Crippen LogP contribution in [0.3, 0.4) is 0 Å². The second-order valence-corrected chi connectivity index (χ2v) is 7.24. The highest BCUT2D eigenvalue weighted by Crippen LogP contribution is 2.26.